The third kappa shape index (κ3) is 5.21. The lowest BCUT2D eigenvalue weighted by Crippen LogP contribution is -2.37. The third-order valence-electron chi connectivity index (χ3n) is 1.67. The summed E-state index contributed by atoms with van der Waals surface area (Å²) in [5.41, 5.74) is 0. The first kappa shape index (κ1) is 11.9. The van der Waals surface area contributed by atoms with Crippen molar-refractivity contribution >= 4 is 5.91 Å². The molecule has 3 atom stereocenters. The number of carbonyl (C=O) groups is 1. The van der Waals surface area contributed by atoms with Gasteiger partial charge in [-0.3, -0.25) is 4.79 Å². The lowest BCUT2D eigenvalue weighted by atomic mass is 10.1. The number of amides is 1. The molecule has 2 N–H and O–H groups in total. The Hall–Kier alpha value is -1.08. The SMILES string of the molecule is CC(O)CC(C)NC(=O)C(C)C#N. The van der Waals surface area contributed by atoms with Crippen LogP contribution in [0.3, 0.4) is 0 Å². The van der Waals surface area contributed by atoms with Crippen molar-refractivity contribution in [3.05, 3.63) is 0 Å². The van der Waals surface area contributed by atoms with Crippen LogP contribution in [0.15, 0.2) is 0 Å². The lowest BCUT2D eigenvalue weighted by molar-refractivity contribution is -0.123. The van der Waals surface area contributed by atoms with Gasteiger partial charge >= 0.3 is 0 Å². The molecule has 0 aromatic heterocycles. The monoisotopic (exact) mass is 184 g/mol. The van der Waals surface area contributed by atoms with E-state index < -0.39 is 12.0 Å². The van der Waals surface area contributed by atoms with Crippen molar-refractivity contribution in [1.29, 1.82) is 5.26 Å². The van der Waals surface area contributed by atoms with Crippen molar-refractivity contribution in [2.24, 2.45) is 5.92 Å². The van der Waals surface area contributed by atoms with Gasteiger partial charge in [-0.15, -0.1) is 0 Å². The summed E-state index contributed by atoms with van der Waals surface area (Å²) < 4.78 is 0. The molecule has 0 fully saturated rings. The standard InChI is InChI=1S/C9H16N2O2/c1-6(5-10)9(13)11-7(2)4-8(3)12/h6-8,12H,4H2,1-3H3,(H,11,13). The molecule has 0 rings (SSSR count). The Balaban J connectivity index is 3.86. The molecule has 0 bridgehead atoms. The minimum Gasteiger partial charge on any atom is -0.393 e. The Morgan fingerprint density at radius 1 is 1.54 bits per heavy atom. The Morgan fingerprint density at radius 2 is 2.08 bits per heavy atom. The van der Waals surface area contributed by atoms with Crippen molar-refractivity contribution in [2.75, 3.05) is 0 Å². The van der Waals surface area contributed by atoms with E-state index >= 15 is 0 Å². The second kappa shape index (κ2) is 5.55. The topological polar surface area (TPSA) is 73.1 Å². The molecular weight excluding hydrogens is 168 g/mol. The predicted octanol–water partition coefficient (Wildman–Crippen LogP) is 0.422. The van der Waals surface area contributed by atoms with Gasteiger partial charge in [-0.05, 0) is 27.2 Å². The normalized spacial score (nSPS) is 16.8. The highest BCUT2D eigenvalue weighted by Crippen LogP contribution is 1.99. The van der Waals surface area contributed by atoms with Crippen LogP contribution in [-0.2, 0) is 4.79 Å². The zero-order valence-corrected chi connectivity index (χ0v) is 8.24. The molecule has 74 valence electrons. The van der Waals surface area contributed by atoms with E-state index in [1.165, 1.54) is 0 Å². The maximum atomic E-state index is 11.2. The molecule has 0 aromatic carbocycles. The van der Waals surface area contributed by atoms with Gasteiger partial charge in [-0.25, -0.2) is 0 Å². The Kier molecular flexibility index (Phi) is 5.09. The third-order valence-corrected chi connectivity index (χ3v) is 1.67. The second-order valence-electron chi connectivity index (χ2n) is 3.35. The summed E-state index contributed by atoms with van der Waals surface area (Å²) in [5, 5.41) is 20.1. The maximum absolute atomic E-state index is 11.2. The van der Waals surface area contributed by atoms with E-state index in [9.17, 15) is 4.79 Å². The Labute approximate surface area is 78.6 Å². The van der Waals surface area contributed by atoms with Crippen LogP contribution in [0.2, 0.25) is 0 Å². The fraction of sp³-hybridized carbons (Fsp3) is 0.778. The number of aliphatic hydroxyl groups excluding tert-OH is 1. The maximum Gasteiger partial charge on any atom is 0.237 e. The first-order valence-corrected chi connectivity index (χ1v) is 4.35. The van der Waals surface area contributed by atoms with Gasteiger partial charge in [-0.1, -0.05) is 0 Å². The highest BCUT2D eigenvalue weighted by molar-refractivity contribution is 5.80. The van der Waals surface area contributed by atoms with Crippen molar-refractivity contribution in [1.82, 2.24) is 5.32 Å². The number of aliphatic hydroxyl groups is 1. The van der Waals surface area contributed by atoms with Gasteiger partial charge < -0.3 is 10.4 Å². The van der Waals surface area contributed by atoms with E-state index in [0.29, 0.717) is 6.42 Å². The van der Waals surface area contributed by atoms with Crippen LogP contribution in [0.25, 0.3) is 0 Å². The zero-order chi connectivity index (χ0) is 10.4. The van der Waals surface area contributed by atoms with Crippen molar-refractivity contribution in [3.8, 4) is 6.07 Å². The number of nitriles is 1. The molecule has 0 heterocycles. The van der Waals surface area contributed by atoms with Gasteiger partial charge in [0.15, 0.2) is 0 Å². The van der Waals surface area contributed by atoms with Crippen molar-refractivity contribution < 1.29 is 9.90 Å². The fourth-order valence-electron chi connectivity index (χ4n) is 0.997. The van der Waals surface area contributed by atoms with E-state index in [4.69, 9.17) is 10.4 Å². The van der Waals surface area contributed by atoms with Crippen LogP contribution in [0.1, 0.15) is 27.2 Å². The van der Waals surface area contributed by atoms with Crippen LogP contribution >= 0.6 is 0 Å². The van der Waals surface area contributed by atoms with E-state index in [1.54, 1.807) is 20.8 Å². The van der Waals surface area contributed by atoms with E-state index in [1.807, 2.05) is 6.07 Å². The molecule has 0 aliphatic carbocycles. The summed E-state index contributed by atoms with van der Waals surface area (Å²) in [5.74, 6) is -0.910. The summed E-state index contributed by atoms with van der Waals surface area (Å²) in [7, 11) is 0. The molecule has 0 spiro atoms. The molecule has 4 nitrogen and oxygen atoms in total. The first-order chi connectivity index (χ1) is 5.97. The molecule has 13 heavy (non-hydrogen) atoms. The molecule has 0 aliphatic rings. The van der Waals surface area contributed by atoms with Gasteiger partial charge in [-0.2, -0.15) is 5.26 Å². The summed E-state index contributed by atoms with van der Waals surface area (Å²) in [4.78, 5) is 11.2. The molecule has 3 unspecified atom stereocenters. The summed E-state index contributed by atoms with van der Waals surface area (Å²) in [6.07, 6.45) is 0.0665. The van der Waals surface area contributed by atoms with Crippen LogP contribution in [-0.4, -0.2) is 23.2 Å². The van der Waals surface area contributed by atoms with Gasteiger partial charge in [0.25, 0.3) is 0 Å². The van der Waals surface area contributed by atoms with E-state index in [-0.39, 0.29) is 11.9 Å². The van der Waals surface area contributed by atoms with Crippen molar-refractivity contribution in [3.63, 3.8) is 0 Å². The molecule has 4 heteroatoms. The summed E-state index contributed by atoms with van der Waals surface area (Å²) >= 11 is 0. The van der Waals surface area contributed by atoms with Crippen LogP contribution in [0.5, 0.6) is 0 Å². The molecule has 0 radical (unpaired) electrons. The quantitative estimate of drug-likeness (QED) is 0.665. The smallest absolute Gasteiger partial charge is 0.237 e. The molecule has 0 saturated heterocycles. The van der Waals surface area contributed by atoms with Crippen molar-refractivity contribution in [2.45, 2.75) is 39.3 Å². The number of hydrogen-bond acceptors (Lipinski definition) is 3. The summed E-state index contributed by atoms with van der Waals surface area (Å²) in [6, 6.07) is 1.75. The molecule has 0 saturated carbocycles. The van der Waals surface area contributed by atoms with Crippen LogP contribution in [0.4, 0.5) is 0 Å². The number of rotatable bonds is 4. The first-order valence-electron chi connectivity index (χ1n) is 4.35. The number of carbonyl (C=O) groups excluding carboxylic acids is 1. The van der Waals surface area contributed by atoms with Crippen LogP contribution < -0.4 is 5.32 Å². The highest BCUT2D eigenvalue weighted by Gasteiger charge is 2.14. The number of nitrogens with zero attached hydrogens (tertiary/aromatic N) is 1. The van der Waals surface area contributed by atoms with Crippen LogP contribution in [0, 0.1) is 17.2 Å². The molecular formula is C9H16N2O2. The highest BCUT2D eigenvalue weighted by atomic mass is 16.3. The predicted molar refractivity (Wildman–Crippen MR) is 48.7 cm³/mol. The average Bonchev–Trinajstić information content (AvgIpc) is 2.01. The van der Waals surface area contributed by atoms with Gasteiger partial charge in [0, 0.05) is 6.04 Å². The van der Waals surface area contributed by atoms with Gasteiger partial charge in [0.05, 0.1) is 12.2 Å². The Morgan fingerprint density at radius 3 is 2.46 bits per heavy atom. The van der Waals surface area contributed by atoms with E-state index in [2.05, 4.69) is 5.32 Å². The average molecular weight is 184 g/mol. The minimum atomic E-state index is -0.628. The number of hydrogen-bond donors (Lipinski definition) is 2. The molecule has 1 amide bonds. The molecule has 0 aromatic rings. The minimum absolute atomic E-state index is 0.0942. The zero-order valence-electron chi connectivity index (χ0n) is 8.24. The lowest BCUT2D eigenvalue weighted by Gasteiger charge is -2.15. The second-order valence-corrected chi connectivity index (χ2v) is 3.35. The summed E-state index contributed by atoms with van der Waals surface area (Å²) in [6.45, 7) is 5.01. The fourth-order valence-corrected chi connectivity index (χ4v) is 0.997. The largest absolute Gasteiger partial charge is 0.393 e. The Bertz CT molecular complexity index is 208. The molecule has 0 aliphatic heterocycles. The van der Waals surface area contributed by atoms with Gasteiger partial charge in [0.2, 0.25) is 5.91 Å². The van der Waals surface area contributed by atoms with E-state index in [0.717, 1.165) is 0 Å². The number of nitrogens with one attached hydrogen (secondary N) is 1. The van der Waals surface area contributed by atoms with Gasteiger partial charge in [0.1, 0.15) is 5.92 Å².